The molecule has 0 saturated carbocycles. The van der Waals surface area contributed by atoms with Crippen molar-refractivity contribution in [3.63, 3.8) is 0 Å². The van der Waals surface area contributed by atoms with Crippen molar-refractivity contribution >= 4 is 11.8 Å². The van der Waals surface area contributed by atoms with Gasteiger partial charge in [-0.3, -0.25) is 9.59 Å². The van der Waals surface area contributed by atoms with E-state index in [9.17, 15) is 9.59 Å². The molecule has 1 N–H and O–H groups in total. The lowest BCUT2D eigenvalue weighted by molar-refractivity contribution is -0.152. The number of piperazine rings is 1. The molecule has 4 nitrogen and oxygen atoms in total. The zero-order valence-corrected chi connectivity index (χ0v) is 9.33. The molecule has 1 unspecified atom stereocenters. The number of hydrogen-bond donors (Lipinski definition) is 1. The summed E-state index contributed by atoms with van der Waals surface area (Å²) < 4.78 is 0. The molecule has 0 radical (unpaired) electrons. The Bertz CT molecular complexity index is 328. The van der Waals surface area contributed by atoms with Crippen LogP contribution in [0.3, 0.4) is 0 Å². The van der Waals surface area contributed by atoms with Gasteiger partial charge in [0.1, 0.15) is 11.6 Å². The Balaban J connectivity index is 3.00. The number of amides is 2. The Hall–Kier alpha value is -1.50. The Morgan fingerprint density at radius 1 is 1.53 bits per heavy atom. The van der Waals surface area contributed by atoms with Gasteiger partial charge in [0.05, 0.1) is 6.54 Å². The molecule has 0 aromatic carbocycles. The van der Waals surface area contributed by atoms with E-state index < -0.39 is 11.6 Å². The van der Waals surface area contributed by atoms with E-state index >= 15 is 0 Å². The third-order valence-electron chi connectivity index (χ3n) is 2.56. The first-order valence-electron chi connectivity index (χ1n) is 5.00. The van der Waals surface area contributed by atoms with Crippen LogP contribution < -0.4 is 5.32 Å². The van der Waals surface area contributed by atoms with Crippen LogP contribution in [0.5, 0.6) is 0 Å². The normalized spacial score (nSPS) is 24.7. The average molecular weight is 208 g/mol. The fourth-order valence-electron chi connectivity index (χ4n) is 1.77. The summed E-state index contributed by atoms with van der Waals surface area (Å²) >= 11 is 0. The van der Waals surface area contributed by atoms with Crippen molar-refractivity contribution in [2.45, 2.75) is 38.8 Å². The van der Waals surface area contributed by atoms with E-state index in [1.54, 1.807) is 13.8 Å². The van der Waals surface area contributed by atoms with Crippen LogP contribution in [0, 0.1) is 12.3 Å². The molecule has 0 bridgehead atoms. The van der Waals surface area contributed by atoms with Crippen LogP contribution in [-0.4, -0.2) is 34.8 Å². The minimum absolute atomic E-state index is 0.119. The van der Waals surface area contributed by atoms with E-state index in [0.29, 0.717) is 6.42 Å². The maximum absolute atomic E-state index is 12.0. The second-order valence-electron chi connectivity index (χ2n) is 4.18. The molecule has 1 aliphatic heterocycles. The van der Waals surface area contributed by atoms with Crippen molar-refractivity contribution in [2.24, 2.45) is 0 Å². The number of nitrogens with zero attached hydrogens (tertiary/aromatic N) is 1. The minimum Gasteiger partial charge on any atom is -0.340 e. The van der Waals surface area contributed by atoms with Crippen molar-refractivity contribution < 1.29 is 9.59 Å². The van der Waals surface area contributed by atoms with Crippen LogP contribution in [0.15, 0.2) is 0 Å². The third-order valence-corrected chi connectivity index (χ3v) is 2.56. The van der Waals surface area contributed by atoms with E-state index in [4.69, 9.17) is 6.42 Å². The van der Waals surface area contributed by atoms with Gasteiger partial charge in [0.25, 0.3) is 0 Å². The summed E-state index contributed by atoms with van der Waals surface area (Å²) in [7, 11) is 0. The van der Waals surface area contributed by atoms with Crippen LogP contribution in [-0.2, 0) is 9.59 Å². The fourth-order valence-corrected chi connectivity index (χ4v) is 1.77. The molecule has 2 amide bonds. The lowest BCUT2D eigenvalue weighted by atomic mass is 9.96. The predicted molar refractivity (Wildman–Crippen MR) is 56.8 cm³/mol. The highest BCUT2D eigenvalue weighted by Gasteiger charge is 2.43. The number of nitrogens with one attached hydrogen (secondary N) is 1. The summed E-state index contributed by atoms with van der Waals surface area (Å²) in [4.78, 5) is 25.1. The van der Waals surface area contributed by atoms with E-state index in [0.717, 1.165) is 0 Å². The summed E-state index contributed by atoms with van der Waals surface area (Å²) in [6, 6.07) is -0.429. The lowest BCUT2D eigenvalue weighted by Crippen LogP contribution is -2.67. The van der Waals surface area contributed by atoms with Crippen LogP contribution in [0.1, 0.15) is 27.2 Å². The van der Waals surface area contributed by atoms with Crippen molar-refractivity contribution in [3.8, 4) is 12.3 Å². The van der Waals surface area contributed by atoms with Crippen molar-refractivity contribution in [3.05, 3.63) is 0 Å². The SMILES string of the molecule is C#CCN1C(=O)C(C)(C)NC(=O)C1CC. The maximum atomic E-state index is 12.0. The minimum atomic E-state index is -0.848. The molecule has 1 heterocycles. The summed E-state index contributed by atoms with van der Waals surface area (Å²) in [5.41, 5.74) is -0.848. The van der Waals surface area contributed by atoms with E-state index in [-0.39, 0.29) is 18.4 Å². The van der Waals surface area contributed by atoms with E-state index in [2.05, 4.69) is 11.2 Å². The van der Waals surface area contributed by atoms with Gasteiger partial charge >= 0.3 is 0 Å². The second-order valence-corrected chi connectivity index (χ2v) is 4.18. The topological polar surface area (TPSA) is 49.4 Å². The van der Waals surface area contributed by atoms with Crippen LogP contribution in [0.2, 0.25) is 0 Å². The molecule has 0 spiro atoms. The number of rotatable bonds is 2. The largest absolute Gasteiger partial charge is 0.340 e. The molecule has 0 aromatic heterocycles. The van der Waals surface area contributed by atoms with Gasteiger partial charge in [-0.05, 0) is 20.3 Å². The Kier molecular flexibility index (Phi) is 3.04. The average Bonchev–Trinajstić information content (AvgIpc) is 2.14. The van der Waals surface area contributed by atoms with Gasteiger partial charge in [0.15, 0.2) is 0 Å². The zero-order chi connectivity index (χ0) is 11.6. The lowest BCUT2D eigenvalue weighted by Gasteiger charge is -2.41. The molecule has 0 aromatic rings. The Labute approximate surface area is 90.0 Å². The molecular weight excluding hydrogens is 192 g/mol. The van der Waals surface area contributed by atoms with Crippen LogP contribution in [0.4, 0.5) is 0 Å². The maximum Gasteiger partial charge on any atom is 0.249 e. The van der Waals surface area contributed by atoms with Gasteiger partial charge in [-0.25, -0.2) is 0 Å². The van der Waals surface area contributed by atoms with Gasteiger partial charge in [-0.1, -0.05) is 12.8 Å². The van der Waals surface area contributed by atoms with Gasteiger partial charge < -0.3 is 10.2 Å². The Morgan fingerprint density at radius 2 is 2.13 bits per heavy atom. The highest BCUT2D eigenvalue weighted by atomic mass is 16.2. The van der Waals surface area contributed by atoms with Gasteiger partial charge in [0, 0.05) is 0 Å². The van der Waals surface area contributed by atoms with Crippen molar-refractivity contribution in [1.82, 2.24) is 10.2 Å². The smallest absolute Gasteiger partial charge is 0.249 e. The van der Waals surface area contributed by atoms with Crippen molar-refractivity contribution in [2.75, 3.05) is 6.54 Å². The standard InChI is InChI=1S/C11H16N2O2/c1-5-7-13-8(6-2)9(14)12-11(3,4)10(13)15/h1,8H,6-7H2,2-4H3,(H,12,14). The van der Waals surface area contributed by atoms with Gasteiger partial charge in [-0.2, -0.15) is 0 Å². The first kappa shape index (κ1) is 11.6. The molecule has 1 fully saturated rings. The number of carbonyl (C=O) groups is 2. The molecule has 82 valence electrons. The molecule has 1 atom stereocenters. The second kappa shape index (κ2) is 3.93. The van der Waals surface area contributed by atoms with E-state index in [1.807, 2.05) is 6.92 Å². The number of carbonyl (C=O) groups excluding carboxylic acids is 2. The summed E-state index contributed by atoms with van der Waals surface area (Å²) in [5, 5.41) is 2.70. The quantitative estimate of drug-likeness (QED) is 0.656. The highest BCUT2D eigenvalue weighted by molar-refractivity contribution is 5.99. The Morgan fingerprint density at radius 3 is 2.60 bits per heavy atom. The molecular formula is C11H16N2O2. The molecule has 1 aliphatic rings. The van der Waals surface area contributed by atoms with Crippen molar-refractivity contribution in [1.29, 1.82) is 0 Å². The molecule has 4 heteroatoms. The monoisotopic (exact) mass is 208 g/mol. The van der Waals surface area contributed by atoms with Gasteiger partial charge in [-0.15, -0.1) is 6.42 Å². The first-order valence-corrected chi connectivity index (χ1v) is 5.00. The number of hydrogen-bond acceptors (Lipinski definition) is 2. The predicted octanol–water partition coefficient (Wildman–Crippen LogP) is 0.135. The fraction of sp³-hybridized carbons (Fsp3) is 0.636. The molecule has 1 saturated heterocycles. The molecule has 0 aliphatic carbocycles. The van der Waals surface area contributed by atoms with Crippen LogP contribution >= 0.6 is 0 Å². The summed E-state index contributed by atoms with van der Waals surface area (Å²) in [6.45, 7) is 5.42. The molecule has 15 heavy (non-hydrogen) atoms. The number of terminal acetylenes is 1. The highest BCUT2D eigenvalue weighted by Crippen LogP contribution is 2.19. The van der Waals surface area contributed by atoms with Gasteiger partial charge in [0.2, 0.25) is 11.8 Å². The van der Waals surface area contributed by atoms with E-state index in [1.165, 1.54) is 4.90 Å². The summed E-state index contributed by atoms with van der Waals surface area (Å²) in [6.07, 6.45) is 5.78. The summed E-state index contributed by atoms with van der Waals surface area (Å²) in [5.74, 6) is 2.17. The first-order chi connectivity index (χ1) is 6.94. The third kappa shape index (κ3) is 1.96. The van der Waals surface area contributed by atoms with Crippen LogP contribution in [0.25, 0.3) is 0 Å². The zero-order valence-electron chi connectivity index (χ0n) is 9.33. The molecule has 1 rings (SSSR count).